The number of nitrogens with zero attached hydrogens (tertiary/aromatic N) is 1. The molecule has 1 aromatic heterocycles. The van der Waals surface area contributed by atoms with Crippen LogP contribution in [0.4, 0.5) is 0 Å². The monoisotopic (exact) mass is 387 g/mol. The molecule has 0 saturated carbocycles. The number of benzene rings is 2. The van der Waals surface area contributed by atoms with Crippen molar-refractivity contribution in [3.8, 4) is 0 Å². The van der Waals surface area contributed by atoms with Gasteiger partial charge in [-0.25, -0.2) is 0 Å². The number of ether oxygens (including phenoxy) is 1. The summed E-state index contributed by atoms with van der Waals surface area (Å²) in [6, 6.07) is 18.5. The van der Waals surface area contributed by atoms with Gasteiger partial charge >= 0.3 is 0 Å². The van der Waals surface area contributed by atoms with E-state index in [4.69, 9.17) is 4.74 Å². The van der Waals surface area contributed by atoms with E-state index in [-0.39, 0.29) is 11.3 Å². The van der Waals surface area contributed by atoms with Crippen molar-refractivity contribution in [2.45, 2.75) is 45.6 Å². The number of aromatic nitrogens is 1. The van der Waals surface area contributed by atoms with Crippen LogP contribution in [0.1, 0.15) is 47.8 Å². The SMILES string of the molecule is C=CC[C@]1(CC)CCc2c(CCOCc3ccccc3)c3ccccc3n2C1=O. The first-order valence-electron chi connectivity index (χ1n) is 10.6. The van der Waals surface area contributed by atoms with Gasteiger partial charge in [0, 0.05) is 11.1 Å². The van der Waals surface area contributed by atoms with E-state index in [1.165, 1.54) is 22.2 Å². The molecule has 3 heteroatoms. The Morgan fingerprint density at radius 2 is 1.90 bits per heavy atom. The standard InChI is InChI=1S/C26H29NO2/c1-3-16-26(4-2)17-14-24-22(15-18-29-19-20-10-6-5-7-11-20)21-12-8-9-13-23(21)27(24)25(26)28/h3,5-13H,1,4,14-19H2,2H3/t26-/m1/s1. The van der Waals surface area contributed by atoms with Crippen molar-refractivity contribution in [3.05, 3.63) is 84.1 Å². The molecule has 0 saturated heterocycles. The number of allylic oxidation sites excluding steroid dienone is 1. The maximum atomic E-state index is 13.6. The van der Waals surface area contributed by atoms with Gasteiger partial charge in [0.1, 0.15) is 0 Å². The predicted octanol–water partition coefficient (Wildman–Crippen LogP) is 5.96. The van der Waals surface area contributed by atoms with Crippen molar-refractivity contribution >= 4 is 16.8 Å². The zero-order valence-electron chi connectivity index (χ0n) is 17.2. The number of carbonyl (C=O) groups is 1. The molecule has 1 aliphatic heterocycles. The molecule has 0 fully saturated rings. The quantitative estimate of drug-likeness (QED) is 0.353. The zero-order chi connectivity index (χ0) is 20.3. The maximum Gasteiger partial charge on any atom is 0.237 e. The summed E-state index contributed by atoms with van der Waals surface area (Å²) in [4.78, 5) is 13.6. The molecular weight excluding hydrogens is 358 g/mol. The molecule has 0 bridgehead atoms. The number of hydrogen-bond donors (Lipinski definition) is 0. The number of hydrogen-bond acceptors (Lipinski definition) is 2. The lowest BCUT2D eigenvalue weighted by molar-refractivity contribution is 0.0641. The van der Waals surface area contributed by atoms with Crippen LogP contribution in [-0.4, -0.2) is 17.1 Å². The minimum absolute atomic E-state index is 0.230. The average molecular weight is 388 g/mol. The van der Waals surface area contributed by atoms with E-state index < -0.39 is 0 Å². The number of fused-ring (bicyclic) bond motifs is 3. The lowest BCUT2D eigenvalue weighted by Gasteiger charge is -2.35. The highest BCUT2D eigenvalue weighted by molar-refractivity contribution is 5.99. The van der Waals surface area contributed by atoms with E-state index in [1.807, 2.05) is 34.9 Å². The second-order valence-corrected chi connectivity index (χ2v) is 8.00. The second kappa shape index (κ2) is 8.38. The van der Waals surface area contributed by atoms with Crippen LogP contribution in [0.25, 0.3) is 10.9 Å². The van der Waals surface area contributed by atoms with Gasteiger partial charge in [0.2, 0.25) is 5.91 Å². The lowest BCUT2D eigenvalue weighted by Crippen LogP contribution is -2.39. The van der Waals surface area contributed by atoms with Crippen molar-refractivity contribution in [2.24, 2.45) is 5.41 Å². The molecule has 0 spiro atoms. The Balaban J connectivity index is 1.61. The van der Waals surface area contributed by atoms with Crippen LogP contribution < -0.4 is 0 Å². The third kappa shape index (κ3) is 3.56. The molecule has 0 amide bonds. The molecule has 0 unspecified atom stereocenters. The highest BCUT2D eigenvalue weighted by atomic mass is 16.5. The van der Waals surface area contributed by atoms with Gasteiger partial charge in [-0.1, -0.05) is 61.5 Å². The first-order valence-corrected chi connectivity index (χ1v) is 10.6. The summed E-state index contributed by atoms with van der Waals surface area (Å²) in [6.45, 7) is 7.29. The summed E-state index contributed by atoms with van der Waals surface area (Å²) < 4.78 is 7.95. The largest absolute Gasteiger partial charge is 0.376 e. The molecule has 0 N–H and O–H groups in total. The van der Waals surface area contributed by atoms with E-state index >= 15 is 0 Å². The molecule has 150 valence electrons. The Kier molecular flexibility index (Phi) is 5.68. The van der Waals surface area contributed by atoms with E-state index in [0.29, 0.717) is 13.2 Å². The average Bonchev–Trinajstić information content (AvgIpc) is 3.08. The molecular formula is C26H29NO2. The van der Waals surface area contributed by atoms with E-state index in [2.05, 4.69) is 43.8 Å². The van der Waals surface area contributed by atoms with Crippen molar-refractivity contribution in [2.75, 3.05) is 6.61 Å². The van der Waals surface area contributed by atoms with Gasteiger partial charge in [-0.3, -0.25) is 9.36 Å². The Hall–Kier alpha value is -2.65. The highest BCUT2D eigenvalue weighted by Crippen LogP contribution is 2.42. The van der Waals surface area contributed by atoms with Crippen LogP contribution in [0.3, 0.4) is 0 Å². The predicted molar refractivity (Wildman–Crippen MR) is 118 cm³/mol. The van der Waals surface area contributed by atoms with Crippen molar-refractivity contribution in [1.29, 1.82) is 0 Å². The van der Waals surface area contributed by atoms with Crippen molar-refractivity contribution in [1.82, 2.24) is 4.57 Å². The summed E-state index contributed by atoms with van der Waals surface area (Å²) in [7, 11) is 0. The first-order chi connectivity index (χ1) is 14.2. The molecule has 1 atom stereocenters. The van der Waals surface area contributed by atoms with Crippen LogP contribution >= 0.6 is 0 Å². The smallest absolute Gasteiger partial charge is 0.237 e. The van der Waals surface area contributed by atoms with Crippen molar-refractivity contribution < 1.29 is 9.53 Å². The number of carbonyl (C=O) groups excluding carboxylic acids is 1. The third-order valence-corrected chi connectivity index (χ3v) is 6.41. The Labute approximate surface area is 173 Å². The summed E-state index contributed by atoms with van der Waals surface area (Å²) in [5.74, 6) is 0.230. The Morgan fingerprint density at radius 3 is 2.66 bits per heavy atom. The fraction of sp³-hybridized carbons (Fsp3) is 0.346. The summed E-state index contributed by atoms with van der Waals surface area (Å²) in [6.07, 6.45) is 6.13. The second-order valence-electron chi connectivity index (χ2n) is 8.00. The van der Waals surface area contributed by atoms with Crippen LogP contribution in [0.2, 0.25) is 0 Å². The summed E-state index contributed by atoms with van der Waals surface area (Å²) in [5.41, 5.74) is 4.34. The van der Waals surface area contributed by atoms with Gasteiger partial charge in [-0.15, -0.1) is 6.58 Å². The Bertz CT molecular complexity index is 1020. The number of para-hydroxylation sites is 1. The molecule has 2 aromatic carbocycles. The van der Waals surface area contributed by atoms with Gasteiger partial charge < -0.3 is 4.74 Å². The van der Waals surface area contributed by atoms with Crippen LogP contribution in [0.15, 0.2) is 67.3 Å². The van der Waals surface area contributed by atoms with Gasteiger partial charge in [0.25, 0.3) is 0 Å². The van der Waals surface area contributed by atoms with E-state index in [0.717, 1.165) is 37.6 Å². The normalized spacial score (nSPS) is 18.7. The van der Waals surface area contributed by atoms with Crippen molar-refractivity contribution in [3.63, 3.8) is 0 Å². The molecule has 3 aromatic rings. The van der Waals surface area contributed by atoms with E-state index in [1.54, 1.807) is 0 Å². The minimum Gasteiger partial charge on any atom is -0.376 e. The van der Waals surface area contributed by atoms with Crippen LogP contribution in [0, 0.1) is 5.41 Å². The Morgan fingerprint density at radius 1 is 1.14 bits per heavy atom. The molecule has 3 nitrogen and oxygen atoms in total. The van der Waals surface area contributed by atoms with Gasteiger partial charge in [0.05, 0.1) is 24.1 Å². The topological polar surface area (TPSA) is 31.2 Å². The van der Waals surface area contributed by atoms with Crippen LogP contribution in [0.5, 0.6) is 0 Å². The molecule has 4 rings (SSSR count). The fourth-order valence-corrected chi connectivity index (χ4v) is 4.71. The zero-order valence-corrected chi connectivity index (χ0v) is 17.2. The molecule has 29 heavy (non-hydrogen) atoms. The fourth-order valence-electron chi connectivity index (χ4n) is 4.71. The molecule has 2 heterocycles. The van der Waals surface area contributed by atoms with E-state index in [9.17, 15) is 4.79 Å². The molecule has 0 radical (unpaired) electrons. The summed E-state index contributed by atoms with van der Waals surface area (Å²) >= 11 is 0. The lowest BCUT2D eigenvalue weighted by atomic mass is 9.74. The third-order valence-electron chi connectivity index (χ3n) is 6.41. The van der Waals surface area contributed by atoms with Gasteiger partial charge in [-0.05, 0) is 49.3 Å². The van der Waals surface area contributed by atoms with Crippen LogP contribution in [-0.2, 0) is 24.2 Å². The summed E-state index contributed by atoms with van der Waals surface area (Å²) in [5, 5.41) is 1.18. The van der Waals surface area contributed by atoms with Gasteiger partial charge in [-0.2, -0.15) is 0 Å². The maximum absolute atomic E-state index is 13.6. The minimum atomic E-state index is -0.322. The first kappa shape index (κ1) is 19.7. The molecule has 0 aliphatic carbocycles. The van der Waals surface area contributed by atoms with Gasteiger partial charge in [0.15, 0.2) is 0 Å². The number of rotatable bonds is 8. The highest BCUT2D eigenvalue weighted by Gasteiger charge is 2.42. The molecule has 1 aliphatic rings.